The molecule has 6 nitrogen and oxygen atoms in total. The molecule has 0 bridgehead atoms. The van der Waals surface area contributed by atoms with Crippen molar-refractivity contribution in [2.45, 2.75) is 19.3 Å². The average Bonchev–Trinajstić information content (AvgIpc) is 3.47. The molecule has 10 heteroatoms. The van der Waals surface area contributed by atoms with E-state index >= 15 is 0 Å². The van der Waals surface area contributed by atoms with Gasteiger partial charge in [-0.2, -0.15) is 5.10 Å². The molecule has 0 spiro atoms. The summed E-state index contributed by atoms with van der Waals surface area (Å²) < 4.78 is 29.5. The van der Waals surface area contributed by atoms with Crippen LogP contribution in [-0.4, -0.2) is 38.6 Å². The zero-order valence-electron chi connectivity index (χ0n) is 17.8. The number of hydrazine groups is 1. The first-order valence-corrected chi connectivity index (χ1v) is 11.5. The number of rotatable bonds is 5. The fraction of sp³-hybridized carbons (Fsp3) is 0.208. The van der Waals surface area contributed by atoms with Gasteiger partial charge in [0.15, 0.2) is 5.65 Å². The molecule has 1 fully saturated rings. The number of nitrogens with zero attached hydrogens (tertiary/aromatic N) is 4. The average molecular weight is 502 g/mol. The van der Waals surface area contributed by atoms with E-state index in [4.69, 9.17) is 23.2 Å². The van der Waals surface area contributed by atoms with Crippen molar-refractivity contribution >= 4 is 34.8 Å². The van der Waals surface area contributed by atoms with Crippen molar-refractivity contribution in [3.05, 3.63) is 76.0 Å². The van der Waals surface area contributed by atoms with Gasteiger partial charge in [0.05, 0.1) is 5.69 Å². The second-order valence-corrected chi connectivity index (χ2v) is 8.78. The van der Waals surface area contributed by atoms with E-state index in [0.717, 1.165) is 12.8 Å². The molecule has 0 atom stereocenters. The monoisotopic (exact) mass is 501 g/mol. The molecule has 1 aliphatic rings. The summed E-state index contributed by atoms with van der Waals surface area (Å²) >= 11 is 12.5. The van der Waals surface area contributed by atoms with E-state index in [-0.39, 0.29) is 11.2 Å². The summed E-state index contributed by atoms with van der Waals surface area (Å²) in [6, 6.07) is 14.0. The zero-order chi connectivity index (χ0) is 23.8. The van der Waals surface area contributed by atoms with Crippen molar-refractivity contribution < 1.29 is 13.6 Å². The number of hydrogen-bond acceptors (Lipinski definition) is 4. The third kappa shape index (κ3) is 4.13. The van der Waals surface area contributed by atoms with Crippen LogP contribution >= 0.6 is 23.2 Å². The molecule has 0 aliphatic carbocycles. The van der Waals surface area contributed by atoms with Gasteiger partial charge in [-0.25, -0.2) is 23.3 Å². The summed E-state index contributed by atoms with van der Waals surface area (Å²) in [5, 5.41) is 6.88. The van der Waals surface area contributed by atoms with Gasteiger partial charge in [0, 0.05) is 46.0 Å². The molecule has 2 aromatic heterocycles. The predicted octanol–water partition coefficient (Wildman–Crippen LogP) is 6.05. The Balaban J connectivity index is 1.77. The summed E-state index contributed by atoms with van der Waals surface area (Å²) in [5.41, 5.74) is 4.23. The van der Waals surface area contributed by atoms with Crippen LogP contribution in [0.1, 0.15) is 35.3 Å². The number of nitrogens with one attached hydrogen (secondary N) is 1. The first-order valence-electron chi connectivity index (χ1n) is 10.7. The number of carbonyl (C=O) groups is 1. The Morgan fingerprint density at radius 2 is 1.71 bits per heavy atom. The van der Waals surface area contributed by atoms with E-state index in [9.17, 15) is 13.6 Å². The largest absolute Gasteiger partial charge is 0.285 e. The van der Waals surface area contributed by atoms with E-state index in [1.807, 2.05) is 12.1 Å². The van der Waals surface area contributed by atoms with Gasteiger partial charge in [-0.3, -0.25) is 10.2 Å². The van der Waals surface area contributed by atoms with Crippen LogP contribution in [0.2, 0.25) is 10.0 Å². The van der Waals surface area contributed by atoms with E-state index in [1.54, 1.807) is 41.4 Å². The van der Waals surface area contributed by atoms with E-state index in [2.05, 4.69) is 15.5 Å². The lowest BCUT2D eigenvalue weighted by Gasteiger charge is -2.16. The number of alkyl halides is 2. The van der Waals surface area contributed by atoms with Gasteiger partial charge < -0.3 is 0 Å². The molecule has 0 unspecified atom stereocenters. The van der Waals surface area contributed by atoms with Crippen LogP contribution in [0, 0.1) is 0 Å². The molecular formula is C24H19Cl2F2N5O. The summed E-state index contributed by atoms with van der Waals surface area (Å²) in [4.78, 5) is 17.5. The molecule has 3 heterocycles. The SMILES string of the molecule is O=C(NN1CCCC1)c1c(C(F)F)nn2c(-c3ccc(Cl)cc3)c(-c3ccccc3Cl)cnc12. The molecule has 1 aliphatic heterocycles. The van der Waals surface area contributed by atoms with Crippen molar-refractivity contribution in [3.8, 4) is 22.4 Å². The van der Waals surface area contributed by atoms with E-state index < -0.39 is 18.0 Å². The minimum absolute atomic E-state index is 0.0350. The van der Waals surface area contributed by atoms with Gasteiger partial charge in [0.25, 0.3) is 12.3 Å². The summed E-state index contributed by atoms with van der Waals surface area (Å²) in [5.74, 6) is -0.660. The van der Waals surface area contributed by atoms with Crippen LogP contribution in [0.3, 0.4) is 0 Å². The Bertz CT molecular complexity index is 1370. The minimum Gasteiger partial charge on any atom is -0.285 e. The van der Waals surface area contributed by atoms with Crippen LogP contribution in [0.5, 0.6) is 0 Å². The van der Waals surface area contributed by atoms with Gasteiger partial charge in [-0.05, 0) is 31.0 Å². The van der Waals surface area contributed by atoms with Gasteiger partial charge in [0.1, 0.15) is 11.3 Å². The summed E-state index contributed by atoms with van der Waals surface area (Å²) in [7, 11) is 0. The fourth-order valence-electron chi connectivity index (χ4n) is 4.16. The highest BCUT2D eigenvalue weighted by atomic mass is 35.5. The Morgan fingerprint density at radius 1 is 1.00 bits per heavy atom. The summed E-state index contributed by atoms with van der Waals surface area (Å²) in [6.07, 6.45) is 0.417. The number of aromatic nitrogens is 3. The number of hydrogen-bond donors (Lipinski definition) is 1. The number of halogens is 4. The highest BCUT2D eigenvalue weighted by molar-refractivity contribution is 6.33. The molecule has 0 saturated carbocycles. The second kappa shape index (κ2) is 9.29. The Kier molecular flexibility index (Phi) is 6.20. The molecule has 5 rings (SSSR count). The molecular weight excluding hydrogens is 483 g/mol. The predicted molar refractivity (Wildman–Crippen MR) is 127 cm³/mol. The maximum absolute atomic E-state index is 14.1. The summed E-state index contributed by atoms with van der Waals surface area (Å²) in [6.45, 7) is 1.32. The lowest BCUT2D eigenvalue weighted by Crippen LogP contribution is -2.40. The van der Waals surface area contributed by atoms with Crippen LogP contribution in [0.25, 0.3) is 28.0 Å². The van der Waals surface area contributed by atoms with Crippen LogP contribution in [0.15, 0.2) is 54.7 Å². The lowest BCUT2D eigenvalue weighted by molar-refractivity contribution is 0.0814. The maximum Gasteiger partial charge on any atom is 0.283 e. The minimum atomic E-state index is -2.97. The topological polar surface area (TPSA) is 62.5 Å². The van der Waals surface area contributed by atoms with Crippen LogP contribution in [-0.2, 0) is 0 Å². The van der Waals surface area contributed by atoms with Crippen LogP contribution < -0.4 is 5.43 Å². The third-order valence-corrected chi connectivity index (χ3v) is 6.33. The van der Waals surface area contributed by atoms with Crippen molar-refractivity contribution in [2.24, 2.45) is 0 Å². The van der Waals surface area contributed by atoms with E-state index in [0.29, 0.717) is 45.5 Å². The van der Waals surface area contributed by atoms with Gasteiger partial charge >= 0.3 is 0 Å². The first-order chi connectivity index (χ1) is 16.4. The second-order valence-electron chi connectivity index (χ2n) is 7.94. The first kappa shape index (κ1) is 22.7. The zero-order valence-corrected chi connectivity index (χ0v) is 19.3. The highest BCUT2D eigenvalue weighted by Gasteiger charge is 2.30. The highest BCUT2D eigenvalue weighted by Crippen LogP contribution is 2.37. The number of benzene rings is 2. The van der Waals surface area contributed by atoms with Crippen LogP contribution in [0.4, 0.5) is 8.78 Å². The molecule has 1 saturated heterocycles. The molecule has 34 heavy (non-hydrogen) atoms. The number of amides is 1. The smallest absolute Gasteiger partial charge is 0.283 e. The third-order valence-electron chi connectivity index (χ3n) is 5.75. The molecule has 2 aromatic carbocycles. The lowest BCUT2D eigenvalue weighted by atomic mass is 10.0. The number of fused-ring (bicyclic) bond motifs is 1. The van der Waals surface area contributed by atoms with Gasteiger partial charge in [-0.1, -0.05) is 53.5 Å². The van der Waals surface area contributed by atoms with Crippen molar-refractivity contribution in [1.29, 1.82) is 0 Å². The normalized spacial score (nSPS) is 14.3. The quantitative estimate of drug-likeness (QED) is 0.361. The van der Waals surface area contributed by atoms with Crippen molar-refractivity contribution in [2.75, 3.05) is 13.1 Å². The molecule has 1 N–H and O–H groups in total. The van der Waals surface area contributed by atoms with Gasteiger partial charge in [0.2, 0.25) is 0 Å². The maximum atomic E-state index is 14.1. The number of carbonyl (C=O) groups excluding carboxylic acids is 1. The molecule has 1 amide bonds. The van der Waals surface area contributed by atoms with Crippen molar-refractivity contribution in [1.82, 2.24) is 25.0 Å². The van der Waals surface area contributed by atoms with Gasteiger partial charge in [-0.15, -0.1) is 0 Å². The molecule has 174 valence electrons. The van der Waals surface area contributed by atoms with E-state index in [1.165, 1.54) is 10.7 Å². The van der Waals surface area contributed by atoms with Crippen molar-refractivity contribution in [3.63, 3.8) is 0 Å². The fourth-order valence-corrected chi connectivity index (χ4v) is 4.53. The molecule has 4 aromatic rings. The Morgan fingerprint density at radius 3 is 2.38 bits per heavy atom. The Hall–Kier alpha value is -3.07. The Labute approximate surface area is 204 Å². The molecule has 0 radical (unpaired) electrons. The standard InChI is InChI=1S/C24H19Cl2F2N5O/c25-15-9-7-14(8-10-15)21-17(16-5-1-2-6-18(16)26)13-29-23-19(20(22(27)28)30-33(21)23)24(34)31-32-11-3-4-12-32/h1-2,5-10,13,22H,3-4,11-12H2,(H,31,34).